The molecule has 0 aliphatic carbocycles. The van der Waals surface area contributed by atoms with Gasteiger partial charge in [0, 0.05) is 0 Å². The van der Waals surface area contributed by atoms with Crippen LogP contribution in [-0.2, 0) is 9.84 Å². The summed E-state index contributed by atoms with van der Waals surface area (Å²) in [5.41, 5.74) is 0. The van der Waals surface area contributed by atoms with Crippen LogP contribution in [0.15, 0.2) is 59.5 Å². The van der Waals surface area contributed by atoms with Gasteiger partial charge in [0.1, 0.15) is 11.5 Å². The van der Waals surface area contributed by atoms with Gasteiger partial charge in [-0.05, 0) is 43.7 Å². The molecule has 0 N–H and O–H groups in total. The number of ether oxygens (including phenoxy) is 1. The Kier molecular flexibility index (Phi) is 4.45. The highest BCUT2D eigenvalue weighted by Gasteiger charge is 2.21. The van der Waals surface area contributed by atoms with E-state index in [0.29, 0.717) is 22.8 Å². The van der Waals surface area contributed by atoms with Crippen molar-refractivity contribution in [3.8, 4) is 11.5 Å². The summed E-state index contributed by atoms with van der Waals surface area (Å²) in [6.45, 7) is 3.59. The van der Waals surface area contributed by atoms with E-state index in [0.717, 1.165) is 0 Å². The molecule has 1 unspecified atom stereocenters. The van der Waals surface area contributed by atoms with Gasteiger partial charge in [0.05, 0.1) is 10.1 Å². The fraction of sp³-hybridized carbons (Fsp3) is 0.250. The van der Waals surface area contributed by atoms with Crippen molar-refractivity contribution in [3.05, 3.63) is 54.6 Å². The molecule has 0 fully saturated rings. The van der Waals surface area contributed by atoms with Crippen LogP contribution in [0.25, 0.3) is 0 Å². The predicted octanol–water partition coefficient (Wildman–Crippen LogP) is 4.05. The third kappa shape index (κ3) is 3.20. The molecule has 0 radical (unpaired) electrons. The van der Waals surface area contributed by atoms with E-state index in [2.05, 4.69) is 0 Å². The van der Waals surface area contributed by atoms with Gasteiger partial charge in [0.15, 0.2) is 9.84 Å². The van der Waals surface area contributed by atoms with Gasteiger partial charge < -0.3 is 4.74 Å². The van der Waals surface area contributed by atoms with E-state index in [1.807, 2.05) is 37.3 Å². The Bertz CT molecular complexity index is 663. The Morgan fingerprint density at radius 2 is 1.65 bits per heavy atom. The average Bonchev–Trinajstić information content (AvgIpc) is 2.47. The number of rotatable bonds is 5. The van der Waals surface area contributed by atoms with E-state index >= 15 is 0 Å². The smallest absolute Gasteiger partial charge is 0.181 e. The van der Waals surface area contributed by atoms with Crippen LogP contribution in [-0.4, -0.2) is 13.7 Å². The van der Waals surface area contributed by atoms with Gasteiger partial charge in [-0.25, -0.2) is 8.42 Å². The molecule has 0 aromatic heterocycles. The summed E-state index contributed by atoms with van der Waals surface area (Å²) in [7, 11) is -3.28. The lowest BCUT2D eigenvalue weighted by Crippen LogP contribution is -2.16. The second-order valence-corrected chi connectivity index (χ2v) is 7.02. The van der Waals surface area contributed by atoms with Gasteiger partial charge in [-0.3, -0.25) is 0 Å². The normalized spacial score (nSPS) is 12.9. The van der Waals surface area contributed by atoms with Crippen molar-refractivity contribution in [2.45, 2.75) is 30.4 Å². The molecule has 0 heterocycles. The first-order valence-electron chi connectivity index (χ1n) is 6.61. The molecule has 0 aliphatic heterocycles. The van der Waals surface area contributed by atoms with Gasteiger partial charge in [-0.2, -0.15) is 0 Å². The Hall–Kier alpha value is -1.81. The van der Waals surface area contributed by atoms with Crippen molar-refractivity contribution in [1.29, 1.82) is 0 Å². The third-order valence-electron chi connectivity index (χ3n) is 3.22. The average molecular weight is 290 g/mol. The number of para-hydroxylation sites is 1. The monoisotopic (exact) mass is 290 g/mol. The van der Waals surface area contributed by atoms with Crippen molar-refractivity contribution in [2.24, 2.45) is 0 Å². The molecule has 4 heteroatoms. The second-order valence-electron chi connectivity index (χ2n) is 4.65. The van der Waals surface area contributed by atoms with Crippen LogP contribution < -0.4 is 4.74 Å². The van der Waals surface area contributed by atoms with Crippen LogP contribution in [0.2, 0.25) is 0 Å². The van der Waals surface area contributed by atoms with E-state index in [1.165, 1.54) is 0 Å². The standard InChI is InChI=1S/C16H18O3S/c1-3-13(2)20(17,18)16-11-7-10-15(12-16)19-14-8-5-4-6-9-14/h4-13H,3H2,1-2H3. The van der Waals surface area contributed by atoms with Gasteiger partial charge >= 0.3 is 0 Å². The molecular weight excluding hydrogens is 272 g/mol. The summed E-state index contributed by atoms with van der Waals surface area (Å²) < 4.78 is 30.3. The predicted molar refractivity (Wildman–Crippen MR) is 79.9 cm³/mol. The molecule has 20 heavy (non-hydrogen) atoms. The summed E-state index contributed by atoms with van der Waals surface area (Å²) in [5.74, 6) is 1.21. The van der Waals surface area contributed by atoms with Crippen LogP contribution in [0, 0.1) is 0 Å². The lowest BCUT2D eigenvalue weighted by molar-refractivity contribution is 0.480. The Labute approximate surface area is 120 Å². The minimum Gasteiger partial charge on any atom is -0.457 e. The first kappa shape index (κ1) is 14.6. The van der Waals surface area contributed by atoms with Crippen molar-refractivity contribution in [1.82, 2.24) is 0 Å². The van der Waals surface area contributed by atoms with Crippen molar-refractivity contribution >= 4 is 9.84 Å². The zero-order chi connectivity index (χ0) is 14.6. The topological polar surface area (TPSA) is 43.4 Å². The van der Waals surface area contributed by atoms with Crippen molar-refractivity contribution in [3.63, 3.8) is 0 Å². The van der Waals surface area contributed by atoms with E-state index in [4.69, 9.17) is 4.74 Å². The summed E-state index contributed by atoms with van der Waals surface area (Å²) >= 11 is 0. The number of hydrogen-bond donors (Lipinski definition) is 0. The minimum atomic E-state index is -3.28. The van der Waals surface area contributed by atoms with E-state index in [1.54, 1.807) is 31.2 Å². The highest BCUT2D eigenvalue weighted by Crippen LogP contribution is 2.26. The lowest BCUT2D eigenvalue weighted by atomic mass is 10.3. The Morgan fingerprint density at radius 1 is 1.00 bits per heavy atom. The van der Waals surface area contributed by atoms with E-state index in [9.17, 15) is 8.42 Å². The lowest BCUT2D eigenvalue weighted by Gasteiger charge is -2.12. The molecule has 0 amide bonds. The zero-order valence-corrected chi connectivity index (χ0v) is 12.4. The maximum Gasteiger partial charge on any atom is 0.181 e. The van der Waals surface area contributed by atoms with E-state index in [-0.39, 0.29) is 0 Å². The van der Waals surface area contributed by atoms with Gasteiger partial charge in [0.2, 0.25) is 0 Å². The molecule has 0 spiro atoms. The minimum absolute atomic E-state index is 0.306. The largest absolute Gasteiger partial charge is 0.457 e. The molecule has 1 atom stereocenters. The van der Waals surface area contributed by atoms with E-state index < -0.39 is 15.1 Å². The van der Waals surface area contributed by atoms with Crippen LogP contribution in [0.1, 0.15) is 20.3 Å². The fourth-order valence-electron chi connectivity index (χ4n) is 1.79. The summed E-state index contributed by atoms with van der Waals surface area (Å²) in [5, 5.41) is -0.394. The van der Waals surface area contributed by atoms with Crippen molar-refractivity contribution in [2.75, 3.05) is 0 Å². The molecule has 0 bridgehead atoms. The molecule has 0 saturated carbocycles. The zero-order valence-electron chi connectivity index (χ0n) is 11.6. The second kappa shape index (κ2) is 6.09. The molecule has 2 rings (SSSR count). The van der Waals surface area contributed by atoms with Gasteiger partial charge in [-0.1, -0.05) is 31.2 Å². The highest BCUT2D eigenvalue weighted by molar-refractivity contribution is 7.92. The van der Waals surface area contributed by atoms with Gasteiger partial charge in [-0.15, -0.1) is 0 Å². The van der Waals surface area contributed by atoms with Crippen LogP contribution in [0.3, 0.4) is 0 Å². The molecule has 106 valence electrons. The molecule has 2 aromatic rings. The Morgan fingerprint density at radius 3 is 2.30 bits per heavy atom. The van der Waals surface area contributed by atoms with Crippen LogP contribution >= 0.6 is 0 Å². The highest BCUT2D eigenvalue weighted by atomic mass is 32.2. The Balaban J connectivity index is 2.29. The SMILES string of the molecule is CCC(C)S(=O)(=O)c1cccc(Oc2ccccc2)c1. The fourth-order valence-corrected chi connectivity index (χ4v) is 3.24. The molecule has 3 nitrogen and oxygen atoms in total. The molecule has 0 aliphatic rings. The first-order chi connectivity index (χ1) is 9.54. The number of hydrogen-bond acceptors (Lipinski definition) is 3. The summed E-state index contributed by atoms with van der Waals surface area (Å²) in [6.07, 6.45) is 0.589. The van der Waals surface area contributed by atoms with Gasteiger partial charge in [0.25, 0.3) is 0 Å². The molecule has 2 aromatic carbocycles. The maximum absolute atomic E-state index is 12.3. The van der Waals surface area contributed by atoms with Crippen LogP contribution in [0.4, 0.5) is 0 Å². The summed E-state index contributed by atoms with van der Waals surface area (Å²) in [6, 6.07) is 15.9. The third-order valence-corrected chi connectivity index (χ3v) is 5.52. The first-order valence-corrected chi connectivity index (χ1v) is 8.15. The molecular formula is C16H18O3S. The van der Waals surface area contributed by atoms with Crippen molar-refractivity contribution < 1.29 is 13.2 Å². The maximum atomic E-state index is 12.3. The summed E-state index contributed by atoms with van der Waals surface area (Å²) in [4.78, 5) is 0.306. The quantitative estimate of drug-likeness (QED) is 0.834. The van der Waals surface area contributed by atoms with Crippen LogP contribution in [0.5, 0.6) is 11.5 Å². The number of sulfone groups is 1. The molecule has 0 saturated heterocycles. The number of benzene rings is 2.